The molecule has 0 saturated carbocycles. The van der Waals surface area contributed by atoms with Crippen LogP contribution in [0.1, 0.15) is 45.3 Å². The lowest BCUT2D eigenvalue weighted by molar-refractivity contribution is 0.0438. The summed E-state index contributed by atoms with van der Waals surface area (Å²) in [6.07, 6.45) is 7.97. The number of rotatable bonds is 6. The van der Waals surface area contributed by atoms with Crippen LogP contribution in [0, 0.1) is 0 Å². The molecule has 1 aromatic rings. The monoisotopic (exact) mass is 264 g/mol. The fourth-order valence-corrected chi connectivity index (χ4v) is 3.36. The minimum atomic E-state index is 0.210. The van der Waals surface area contributed by atoms with Crippen LogP contribution in [0.5, 0.6) is 0 Å². The van der Waals surface area contributed by atoms with Crippen LogP contribution in [0.15, 0.2) is 22.8 Å². The molecule has 2 unspecified atom stereocenters. The van der Waals surface area contributed by atoms with Crippen molar-refractivity contribution >= 4 is 0 Å². The van der Waals surface area contributed by atoms with Crippen molar-refractivity contribution in [3.8, 4) is 0 Å². The molecule has 108 valence electrons. The Morgan fingerprint density at radius 1 is 1.37 bits per heavy atom. The molecule has 2 heterocycles. The number of likely N-dealkylation sites (tertiary alicyclic amines) is 1. The molecule has 0 amide bonds. The maximum atomic E-state index is 5.53. The van der Waals surface area contributed by atoms with Crippen molar-refractivity contribution in [2.24, 2.45) is 0 Å². The van der Waals surface area contributed by atoms with Crippen molar-refractivity contribution in [3.63, 3.8) is 0 Å². The van der Waals surface area contributed by atoms with Gasteiger partial charge in [-0.2, -0.15) is 0 Å². The summed E-state index contributed by atoms with van der Waals surface area (Å²) < 4.78 is 5.53. The number of furan rings is 1. The minimum Gasteiger partial charge on any atom is -0.469 e. The van der Waals surface area contributed by atoms with Gasteiger partial charge in [-0.15, -0.1) is 0 Å². The van der Waals surface area contributed by atoms with Gasteiger partial charge in [0.15, 0.2) is 0 Å². The molecule has 3 heteroatoms. The molecule has 2 atom stereocenters. The number of hydrogen-bond donors (Lipinski definition) is 1. The van der Waals surface area contributed by atoms with E-state index in [0.29, 0.717) is 6.04 Å². The molecule has 0 aliphatic carbocycles. The molecule has 3 nitrogen and oxygen atoms in total. The smallest absolute Gasteiger partial charge is 0.105 e. The van der Waals surface area contributed by atoms with Crippen molar-refractivity contribution in [3.05, 3.63) is 24.2 Å². The lowest BCUT2D eigenvalue weighted by Crippen LogP contribution is -2.60. The average molecular weight is 264 g/mol. The van der Waals surface area contributed by atoms with Crippen LogP contribution in [-0.2, 0) is 6.42 Å². The molecule has 0 radical (unpaired) electrons. The number of piperidine rings is 1. The maximum Gasteiger partial charge on any atom is 0.105 e. The van der Waals surface area contributed by atoms with Gasteiger partial charge in [0.25, 0.3) is 0 Å². The molecule has 0 aromatic carbocycles. The van der Waals surface area contributed by atoms with Gasteiger partial charge in [0, 0.05) is 18.0 Å². The third-order valence-corrected chi connectivity index (χ3v) is 4.88. The molecule has 2 rings (SSSR count). The van der Waals surface area contributed by atoms with Crippen LogP contribution in [0.2, 0.25) is 0 Å². The number of hydrogen-bond acceptors (Lipinski definition) is 3. The fourth-order valence-electron chi connectivity index (χ4n) is 3.36. The van der Waals surface area contributed by atoms with E-state index in [9.17, 15) is 0 Å². The largest absolute Gasteiger partial charge is 0.469 e. The second-order valence-corrected chi connectivity index (χ2v) is 5.88. The number of nitrogens with one attached hydrogen (secondary N) is 1. The van der Waals surface area contributed by atoms with Gasteiger partial charge in [-0.1, -0.05) is 13.3 Å². The summed E-state index contributed by atoms with van der Waals surface area (Å²) in [6, 6.07) is 4.49. The Balaban J connectivity index is 2.11. The van der Waals surface area contributed by atoms with Gasteiger partial charge in [-0.3, -0.25) is 4.90 Å². The fraction of sp³-hybridized carbons (Fsp3) is 0.750. The van der Waals surface area contributed by atoms with Crippen LogP contribution in [-0.4, -0.2) is 36.6 Å². The second-order valence-electron chi connectivity index (χ2n) is 5.88. The highest BCUT2D eigenvalue weighted by Crippen LogP contribution is 2.29. The van der Waals surface area contributed by atoms with Gasteiger partial charge < -0.3 is 9.73 Å². The molecule has 1 aliphatic heterocycles. The predicted octanol–water partition coefficient (Wildman–Crippen LogP) is 3.06. The highest BCUT2D eigenvalue weighted by molar-refractivity contribution is 5.06. The molecule has 1 saturated heterocycles. The van der Waals surface area contributed by atoms with E-state index in [1.165, 1.54) is 38.8 Å². The zero-order valence-corrected chi connectivity index (χ0v) is 12.6. The van der Waals surface area contributed by atoms with Gasteiger partial charge in [0.1, 0.15) is 5.76 Å². The lowest BCUT2D eigenvalue weighted by atomic mass is 9.83. The Hall–Kier alpha value is -0.800. The summed E-state index contributed by atoms with van der Waals surface area (Å²) in [5, 5.41) is 3.53. The van der Waals surface area contributed by atoms with Gasteiger partial charge in [-0.25, -0.2) is 0 Å². The van der Waals surface area contributed by atoms with Crippen LogP contribution < -0.4 is 5.32 Å². The van der Waals surface area contributed by atoms with Crippen molar-refractivity contribution in [1.29, 1.82) is 0 Å². The molecule has 1 fully saturated rings. The Morgan fingerprint density at radius 2 is 2.11 bits per heavy atom. The van der Waals surface area contributed by atoms with E-state index < -0.39 is 0 Å². The topological polar surface area (TPSA) is 28.4 Å². The van der Waals surface area contributed by atoms with E-state index in [-0.39, 0.29) is 5.54 Å². The molecular weight excluding hydrogens is 236 g/mol. The summed E-state index contributed by atoms with van der Waals surface area (Å²) in [4.78, 5) is 2.68. The number of likely N-dealkylation sites (N-methyl/N-ethyl adjacent to an activating group) is 1. The molecule has 1 aliphatic rings. The first-order valence-corrected chi connectivity index (χ1v) is 7.65. The Labute approximate surface area is 117 Å². The average Bonchev–Trinajstić information content (AvgIpc) is 2.98. The Kier molecular flexibility index (Phi) is 5.06. The normalized spacial score (nSPS) is 22.1. The summed E-state index contributed by atoms with van der Waals surface area (Å²) in [7, 11) is 2.07. The van der Waals surface area contributed by atoms with Gasteiger partial charge in [-0.05, 0) is 58.5 Å². The SMILES string of the molecule is CCC(C)(C(Cc1ccco1)NC)N1CCCCC1. The third kappa shape index (κ3) is 3.21. The van der Waals surface area contributed by atoms with E-state index >= 15 is 0 Å². The van der Waals surface area contributed by atoms with Gasteiger partial charge in [0.05, 0.1) is 6.26 Å². The molecule has 19 heavy (non-hydrogen) atoms. The molecule has 0 bridgehead atoms. The van der Waals surface area contributed by atoms with E-state index in [2.05, 4.69) is 37.2 Å². The Bertz CT molecular complexity index is 357. The second kappa shape index (κ2) is 6.58. The molecule has 0 spiro atoms. The van der Waals surface area contributed by atoms with Crippen LogP contribution in [0.25, 0.3) is 0 Å². The van der Waals surface area contributed by atoms with Crippen LogP contribution in [0.3, 0.4) is 0 Å². The minimum absolute atomic E-state index is 0.210. The van der Waals surface area contributed by atoms with Crippen molar-refractivity contribution < 1.29 is 4.42 Å². The highest BCUT2D eigenvalue weighted by Gasteiger charge is 2.38. The van der Waals surface area contributed by atoms with Gasteiger partial charge >= 0.3 is 0 Å². The summed E-state index contributed by atoms with van der Waals surface area (Å²) >= 11 is 0. The Morgan fingerprint density at radius 3 is 2.63 bits per heavy atom. The van der Waals surface area contributed by atoms with E-state index in [4.69, 9.17) is 4.42 Å². The van der Waals surface area contributed by atoms with Gasteiger partial charge in [0.2, 0.25) is 0 Å². The van der Waals surface area contributed by atoms with Crippen LogP contribution >= 0.6 is 0 Å². The summed E-state index contributed by atoms with van der Waals surface area (Å²) in [6.45, 7) is 7.19. The predicted molar refractivity (Wildman–Crippen MR) is 79.4 cm³/mol. The summed E-state index contributed by atoms with van der Waals surface area (Å²) in [5.74, 6) is 1.08. The first kappa shape index (κ1) is 14.6. The first-order valence-electron chi connectivity index (χ1n) is 7.65. The number of nitrogens with zero attached hydrogens (tertiary/aromatic N) is 1. The zero-order chi connectivity index (χ0) is 13.7. The third-order valence-electron chi connectivity index (χ3n) is 4.88. The van der Waals surface area contributed by atoms with E-state index in [1.54, 1.807) is 6.26 Å². The zero-order valence-electron chi connectivity index (χ0n) is 12.6. The van der Waals surface area contributed by atoms with Crippen molar-refractivity contribution in [1.82, 2.24) is 10.2 Å². The van der Waals surface area contributed by atoms with Crippen LogP contribution in [0.4, 0.5) is 0 Å². The summed E-state index contributed by atoms with van der Waals surface area (Å²) in [5.41, 5.74) is 0.210. The highest BCUT2D eigenvalue weighted by atomic mass is 16.3. The molecule has 1 N–H and O–H groups in total. The molecular formula is C16H28N2O. The van der Waals surface area contributed by atoms with E-state index in [0.717, 1.165) is 12.2 Å². The quantitative estimate of drug-likeness (QED) is 0.856. The van der Waals surface area contributed by atoms with Crippen molar-refractivity contribution in [2.75, 3.05) is 20.1 Å². The standard InChI is InChI=1S/C16H28N2O/c1-4-16(2,18-10-6-5-7-11-18)15(17-3)13-14-9-8-12-19-14/h8-9,12,15,17H,4-7,10-11,13H2,1-3H3. The van der Waals surface area contributed by atoms with E-state index in [1.807, 2.05) is 6.07 Å². The molecule has 1 aromatic heterocycles. The maximum absolute atomic E-state index is 5.53. The van der Waals surface area contributed by atoms with Crippen molar-refractivity contribution in [2.45, 2.75) is 57.5 Å². The lowest BCUT2D eigenvalue weighted by Gasteiger charge is -2.48. The first-order chi connectivity index (χ1) is 9.20.